The van der Waals surface area contributed by atoms with Gasteiger partial charge in [0.1, 0.15) is 6.04 Å². The molecule has 2 aliphatic heterocycles. The van der Waals surface area contributed by atoms with Crippen molar-refractivity contribution in [2.75, 3.05) is 31.5 Å². The fourth-order valence-electron chi connectivity index (χ4n) is 3.42. The Bertz CT molecular complexity index is 881. The van der Waals surface area contributed by atoms with Gasteiger partial charge in [0.2, 0.25) is 11.8 Å². The smallest absolute Gasteiger partial charge is 0.256 e. The zero-order valence-electron chi connectivity index (χ0n) is 14.0. The molecule has 2 aliphatic rings. The number of fused-ring (bicyclic) bond motifs is 2. The molecule has 7 nitrogen and oxygen atoms in total. The molecule has 0 spiro atoms. The number of piperazine rings is 1. The highest BCUT2D eigenvalue weighted by Gasteiger charge is 2.40. The lowest BCUT2D eigenvalue weighted by Crippen LogP contribution is -2.60. The lowest BCUT2D eigenvalue weighted by molar-refractivity contribution is -0.134. The highest BCUT2D eigenvalue weighted by atomic mass is 32.1. The Balaban J connectivity index is 1.68. The van der Waals surface area contributed by atoms with E-state index in [4.69, 9.17) is 5.73 Å². The number of rotatable bonds is 2. The fraction of sp³-hybridized carbons (Fsp3) is 0.278. The largest absolute Gasteiger partial charge is 0.337 e. The number of nitrogens with zero attached hydrogens (tertiary/aromatic N) is 2. The maximum Gasteiger partial charge on any atom is 0.256 e. The molecule has 1 saturated heterocycles. The van der Waals surface area contributed by atoms with Crippen LogP contribution in [0.3, 0.4) is 0 Å². The van der Waals surface area contributed by atoms with Crippen LogP contribution in [0.5, 0.6) is 0 Å². The second kappa shape index (κ2) is 6.54. The van der Waals surface area contributed by atoms with Crippen LogP contribution in [-0.2, 0) is 9.59 Å². The van der Waals surface area contributed by atoms with Gasteiger partial charge in [0, 0.05) is 13.1 Å². The molecular weight excluding hydrogens is 352 g/mol. The number of benzene rings is 1. The number of thiophene rings is 1. The molecule has 8 heteroatoms. The summed E-state index contributed by atoms with van der Waals surface area (Å²) in [6.07, 6.45) is 0. The minimum absolute atomic E-state index is 0.105. The van der Waals surface area contributed by atoms with Crippen LogP contribution >= 0.6 is 11.3 Å². The van der Waals surface area contributed by atoms with Gasteiger partial charge in [-0.25, -0.2) is 0 Å². The van der Waals surface area contributed by atoms with E-state index in [2.05, 4.69) is 5.32 Å². The van der Waals surface area contributed by atoms with E-state index >= 15 is 0 Å². The fourth-order valence-corrected chi connectivity index (χ4v) is 4.08. The van der Waals surface area contributed by atoms with Crippen LogP contribution in [0.4, 0.5) is 5.69 Å². The minimum atomic E-state index is -0.705. The number of anilines is 1. The molecule has 0 radical (unpaired) electrons. The predicted molar refractivity (Wildman–Crippen MR) is 98.8 cm³/mol. The zero-order valence-corrected chi connectivity index (χ0v) is 14.8. The molecule has 0 bridgehead atoms. The Morgan fingerprint density at radius 3 is 2.81 bits per heavy atom. The highest BCUT2D eigenvalue weighted by molar-refractivity contribution is 7.08. The summed E-state index contributed by atoms with van der Waals surface area (Å²) in [4.78, 5) is 40.7. The van der Waals surface area contributed by atoms with Crippen molar-refractivity contribution in [3.8, 4) is 11.1 Å². The maximum atomic E-state index is 13.1. The van der Waals surface area contributed by atoms with Gasteiger partial charge in [-0.05, 0) is 40.1 Å². The van der Waals surface area contributed by atoms with Crippen molar-refractivity contribution in [3.63, 3.8) is 0 Å². The van der Waals surface area contributed by atoms with E-state index in [-0.39, 0.29) is 30.8 Å². The summed E-state index contributed by atoms with van der Waals surface area (Å²) in [5.41, 5.74) is 8.38. The molecule has 1 aromatic carbocycles. The van der Waals surface area contributed by atoms with E-state index in [0.29, 0.717) is 24.3 Å². The molecule has 4 rings (SSSR count). The van der Waals surface area contributed by atoms with Crippen LogP contribution in [0.1, 0.15) is 10.4 Å². The van der Waals surface area contributed by atoms with Crippen molar-refractivity contribution < 1.29 is 14.4 Å². The van der Waals surface area contributed by atoms with Crippen molar-refractivity contribution in [2.24, 2.45) is 5.73 Å². The summed E-state index contributed by atoms with van der Waals surface area (Å²) in [6, 6.07) is 6.76. The molecule has 1 aromatic heterocycles. The summed E-state index contributed by atoms with van der Waals surface area (Å²) in [6.45, 7) is 0.751. The predicted octanol–water partition coefficient (Wildman–Crippen LogP) is 0.979. The number of amides is 3. The summed E-state index contributed by atoms with van der Waals surface area (Å²) in [7, 11) is 0. The van der Waals surface area contributed by atoms with Crippen molar-refractivity contribution in [2.45, 2.75) is 6.04 Å². The van der Waals surface area contributed by atoms with Gasteiger partial charge in [-0.2, -0.15) is 11.3 Å². The summed E-state index contributed by atoms with van der Waals surface area (Å²) in [5, 5.41) is 6.83. The van der Waals surface area contributed by atoms with E-state index in [9.17, 15) is 14.4 Å². The quantitative estimate of drug-likeness (QED) is 0.824. The topological polar surface area (TPSA) is 95.7 Å². The van der Waals surface area contributed by atoms with Gasteiger partial charge in [-0.3, -0.25) is 14.4 Å². The van der Waals surface area contributed by atoms with Gasteiger partial charge < -0.3 is 20.9 Å². The monoisotopic (exact) mass is 370 g/mol. The molecule has 1 unspecified atom stereocenters. The van der Waals surface area contributed by atoms with E-state index in [1.165, 1.54) is 0 Å². The summed E-state index contributed by atoms with van der Waals surface area (Å²) in [5.74, 6) is -0.693. The molecule has 0 saturated carbocycles. The normalized spacial score (nSPS) is 19.5. The van der Waals surface area contributed by atoms with Gasteiger partial charge in [0.25, 0.3) is 5.91 Å². The molecule has 1 fully saturated rings. The molecule has 2 aromatic rings. The Labute approximate surface area is 154 Å². The van der Waals surface area contributed by atoms with Gasteiger partial charge in [-0.1, -0.05) is 6.07 Å². The second-order valence-electron chi connectivity index (χ2n) is 6.32. The van der Waals surface area contributed by atoms with Crippen LogP contribution in [0.2, 0.25) is 0 Å². The first-order valence-electron chi connectivity index (χ1n) is 8.35. The van der Waals surface area contributed by atoms with Crippen LogP contribution < -0.4 is 11.1 Å². The van der Waals surface area contributed by atoms with E-state index in [1.54, 1.807) is 27.2 Å². The maximum absolute atomic E-state index is 13.1. The lowest BCUT2D eigenvalue weighted by atomic mass is 10.0. The zero-order chi connectivity index (χ0) is 18.3. The standard InChI is InChI=1S/C18H18N4O3S/c19-8-16(23)21-4-5-22-15(9-21)17(24)20-14-2-1-11(7-13(14)18(22)25)12-3-6-26-10-12/h1-3,6-7,10,15H,4-5,8-9,19H2,(H,20,24). The number of hydrogen-bond acceptors (Lipinski definition) is 5. The lowest BCUT2D eigenvalue weighted by Gasteiger charge is -2.39. The van der Waals surface area contributed by atoms with E-state index < -0.39 is 6.04 Å². The third kappa shape index (κ3) is 2.77. The second-order valence-corrected chi connectivity index (χ2v) is 7.10. The first kappa shape index (κ1) is 16.7. The summed E-state index contributed by atoms with van der Waals surface area (Å²) >= 11 is 1.59. The van der Waals surface area contributed by atoms with Gasteiger partial charge in [0.05, 0.1) is 24.3 Å². The highest BCUT2D eigenvalue weighted by Crippen LogP contribution is 2.30. The molecule has 3 amide bonds. The molecule has 26 heavy (non-hydrogen) atoms. The average molecular weight is 370 g/mol. The van der Waals surface area contributed by atoms with Gasteiger partial charge in [-0.15, -0.1) is 0 Å². The van der Waals surface area contributed by atoms with Crippen LogP contribution in [0.15, 0.2) is 35.0 Å². The van der Waals surface area contributed by atoms with Gasteiger partial charge in [0.15, 0.2) is 0 Å². The van der Waals surface area contributed by atoms with Crippen molar-refractivity contribution in [3.05, 3.63) is 40.6 Å². The molecule has 1 atom stereocenters. The molecule has 3 heterocycles. The molecule has 0 aliphatic carbocycles. The minimum Gasteiger partial charge on any atom is -0.337 e. The molecule has 3 N–H and O–H groups in total. The van der Waals surface area contributed by atoms with Crippen LogP contribution in [0.25, 0.3) is 11.1 Å². The molecule has 134 valence electrons. The van der Waals surface area contributed by atoms with Crippen LogP contribution in [0, 0.1) is 0 Å². The first-order valence-corrected chi connectivity index (χ1v) is 9.29. The number of carbonyl (C=O) groups is 3. The van der Waals surface area contributed by atoms with Gasteiger partial charge >= 0.3 is 0 Å². The van der Waals surface area contributed by atoms with Crippen molar-refractivity contribution in [1.29, 1.82) is 0 Å². The summed E-state index contributed by atoms with van der Waals surface area (Å²) < 4.78 is 0. The average Bonchev–Trinajstić information content (AvgIpc) is 3.18. The Kier molecular flexibility index (Phi) is 4.21. The number of nitrogens with two attached hydrogens (primary N) is 1. The SMILES string of the molecule is NCC(=O)N1CCN2C(=O)c3cc(-c4ccsc4)ccc3NC(=O)C2C1. The van der Waals surface area contributed by atoms with Crippen molar-refractivity contribution >= 4 is 34.7 Å². The third-order valence-electron chi connectivity index (χ3n) is 4.83. The molecular formula is C18H18N4O3S. The Hall–Kier alpha value is -2.71. The van der Waals surface area contributed by atoms with Crippen molar-refractivity contribution in [1.82, 2.24) is 9.80 Å². The first-order chi connectivity index (χ1) is 12.6. The third-order valence-corrected chi connectivity index (χ3v) is 5.52. The number of nitrogens with one attached hydrogen (secondary N) is 1. The Morgan fingerprint density at radius 1 is 1.23 bits per heavy atom. The van der Waals surface area contributed by atoms with E-state index in [0.717, 1.165) is 11.1 Å². The number of hydrogen-bond donors (Lipinski definition) is 2. The Morgan fingerprint density at radius 2 is 2.08 bits per heavy atom. The number of carbonyl (C=O) groups excluding carboxylic acids is 3. The van der Waals surface area contributed by atoms with Crippen LogP contribution in [-0.4, -0.2) is 59.7 Å². The van der Waals surface area contributed by atoms with E-state index in [1.807, 2.05) is 29.0 Å².